The molecule has 0 aliphatic carbocycles. The van der Waals surface area contributed by atoms with Crippen LogP contribution < -0.4 is 21.2 Å². The second-order valence-electron chi connectivity index (χ2n) is 11.6. The Hall–Kier alpha value is -3.82. The second kappa shape index (κ2) is 26.9. The number of hydrogen-bond donors (Lipinski definition) is 0. The first-order chi connectivity index (χ1) is 24.0. The fourth-order valence-electron chi connectivity index (χ4n) is 5.30. The van der Waals surface area contributed by atoms with Crippen LogP contribution >= 0.6 is 15.8 Å². The van der Waals surface area contributed by atoms with Crippen LogP contribution in [0.15, 0.2) is 170 Å². The van der Waals surface area contributed by atoms with Crippen molar-refractivity contribution in [2.24, 2.45) is 0 Å². The van der Waals surface area contributed by atoms with Crippen LogP contribution in [0.5, 0.6) is 0 Å². The average Bonchev–Trinajstić information content (AvgIpc) is 3.17. The van der Waals surface area contributed by atoms with E-state index in [-0.39, 0.29) is 27.8 Å². The molecule has 0 radical (unpaired) electrons. The molecule has 0 spiro atoms. The molecule has 0 fully saturated rings. The molecule has 51 heavy (non-hydrogen) atoms. The van der Waals surface area contributed by atoms with E-state index < -0.39 is 15.8 Å². The third-order valence-corrected chi connectivity index (χ3v) is 14.2. The van der Waals surface area contributed by atoms with Crippen LogP contribution in [0.4, 0.5) is 0 Å². The van der Waals surface area contributed by atoms with E-state index in [0.29, 0.717) is 0 Å². The molecule has 0 amide bonds. The molecule has 0 aliphatic heterocycles. The van der Waals surface area contributed by atoms with Gasteiger partial charge in [0.25, 0.3) is 0 Å². The molecule has 0 N–H and O–H groups in total. The molecule has 0 saturated heterocycles. The van der Waals surface area contributed by atoms with Crippen molar-refractivity contribution in [1.82, 2.24) is 0 Å². The first kappa shape index (κ1) is 45.2. The van der Waals surface area contributed by atoms with Gasteiger partial charge in [0.05, 0.1) is 37.1 Å². The van der Waals surface area contributed by atoms with Crippen LogP contribution in [0, 0.1) is 13.8 Å². The van der Waals surface area contributed by atoms with Gasteiger partial charge in [0.2, 0.25) is 0 Å². The van der Waals surface area contributed by atoms with Gasteiger partial charge in [-0.05, 0) is 72.5 Å². The van der Waals surface area contributed by atoms with Gasteiger partial charge in [0.1, 0.15) is 12.3 Å². The normalized spacial score (nSPS) is 10.7. The van der Waals surface area contributed by atoms with Gasteiger partial charge in [-0.2, -0.15) is 12.4 Å². The molecule has 0 saturated carbocycles. The topological polar surface area (TPSA) is 44.6 Å². The van der Waals surface area contributed by atoms with E-state index in [0.717, 1.165) is 23.6 Å². The first-order valence-electron chi connectivity index (χ1n) is 17.0. The van der Waals surface area contributed by atoms with E-state index in [1.807, 2.05) is 60.7 Å². The van der Waals surface area contributed by atoms with Crippen molar-refractivity contribution < 1.29 is 20.4 Å². The fraction of sp³-hybridized carbons (Fsp3) is 0.174. The summed E-state index contributed by atoms with van der Waals surface area (Å²) in [5.41, 5.74) is 4.54. The van der Waals surface area contributed by atoms with Gasteiger partial charge in [-0.1, -0.05) is 161 Å². The minimum atomic E-state index is -0.826. The quantitative estimate of drug-likeness (QED) is 0.0794. The fourth-order valence-corrected chi connectivity index (χ4v) is 11.9. The van der Waals surface area contributed by atoms with E-state index >= 15 is 0 Å². The molecule has 2 unspecified atom stereocenters. The zero-order chi connectivity index (χ0) is 35.1. The summed E-state index contributed by atoms with van der Waals surface area (Å²) >= 11 is 0. The van der Waals surface area contributed by atoms with Crippen LogP contribution in [-0.4, -0.2) is 24.8 Å². The molecule has 0 aliphatic rings. The summed E-state index contributed by atoms with van der Waals surface area (Å²) in [6.07, 6.45) is 5.94. The van der Waals surface area contributed by atoms with Crippen LogP contribution in [-0.2, 0) is 20.4 Å². The first-order valence-corrected chi connectivity index (χ1v) is 20.4. The van der Waals surface area contributed by atoms with Crippen LogP contribution in [0.2, 0.25) is 0 Å². The Morgan fingerprint density at radius 1 is 0.431 bits per heavy atom. The summed E-state index contributed by atoms with van der Waals surface area (Å²) in [6.45, 7) is 8.79. The molecule has 0 bridgehead atoms. The number of hydrogen-bond acceptors (Lipinski definition) is 0. The molecule has 0 heterocycles. The van der Waals surface area contributed by atoms with Crippen molar-refractivity contribution in [2.45, 2.75) is 41.5 Å². The van der Waals surface area contributed by atoms with Crippen molar-refractivity contribution in [3.8, 4) is 0 Å². The maximum atomic E-state index is 8.41. The minimum absolute atomic E-state index is 0. The molecule has 266 valence electrons. The Bertz CT molecular complexity index is 1630. The van der Waals surface area contributed by atoms with Gasteiger partial charge in [0, 0.05) is 0 Å². The molecule has 2 nitrogen and oxygen atoms in total. The van der Waals surface area contributed by atoms with Gasteiger partial charge in [-0.15, -0.1) is 0 Å². The Morgan fingerprint density at radius 2 is 0.686 bits per heavy atom. The predicted octanol–water partition coefficient (Wildman–Crippen LogP) is 10.7. The standard InChI is InChI=1S/C28H28P2.2C7H6N.C3H8.CH4.Pd/c1-23-13-9-11-19-27(23)29(25-15-5-3-6-16-25)21-22-30(26-17-7-4-8-18-26)28-20-12-10-14-24(28)2;2*8-6-7-4-2-1-3-5-7;1-3-2;;/h3-20H,21-22H2,1-2H3;2*1-6H;3H2,1-2H3;1H4;/q;2*-1;;;+2/p+2. The number of rotatable bonds is 9. The molecule has 0 aromatic heterocycles. The van der Waals surface area contributed by atoms with E-state index in [9.17, 15) is 0 Å². The zero-order valence-corrected chi connectivity index (χ0v) is 33.2. The molecule has 6 aromatic rings. The Balaban J connectivity index is 0.000000506. The third kappa shape index (κ3) is 15.9. The molecule has 6 rings (SSSR count). The maximum absolute atomic E-state index is 8.41. The summed E-state index contributed by atoms with van der Waals surface area (Å²) in [5, 5.41) is 23.0. The van der Waals surface area contributed by atoms with E-state index in [2.05, 4.69) is 137 Å². The zero-order valence-electron chi connectivity index (χ0n) is 29.7. The Kier molecular flexibility index (Phi) is 23.9. The summed E-state index contributed by atoms with van der Waals surface area (Å²) in [7, 11) is -1.65. The van der Waals surface area contributed by atoms with Gasteiger partial charge in [-0.3, -0.25) is 0 Å². The van der Waals surface area contributed by atoms with Crippen LogP contribution in [0.25, 0.3) is 10.8 Å². The van der Waals surface area contributed by atoms with Crippen molar-refractivity contribution in [1.29, 1.82) is 0 Å². The predicted molar refractivity (Wildman–Crippen MR) is 233 cm³/mol. The average molecular weight is 803 g/mol. The minimum Gasteiger partial charge on any atom is -0.810 e. The van der Waals surface area contributed by atoms with Crippen molar-refractivity contribution >= 4 is 49.5 Å². The Labute approximate surface area is 325 Å². The molecular weight excluding hydrogens is 749 g/mol. The number of nitrogens with zero attached hydrogens (tertiary/aromatic N) is 2. The number of aryl methyl sites for hydroxylation is 2. The van der Waals surface area contributed by atoms with Crippen molar-refractivity contribution in [2.75, 3.05) is 12.3 Å². The van der Waals surface area contributed by atoms with E-state index in [1.165, 1.54) is 40.5 Å². The van der Waals surface area contributed by atoms with Gasteiger partial charge in [0.15, 0.2) is 0 Å². The van der Waals surface area contributed by atoms with Crippen molar-refractivity contribution in [3.63, 3.8) is 0 Å². The molecule has 2 atom stereocenters. The van der Waals surface area contributed by atoms with Crippen molar-refractivity contribution in [3.05, 3.63) is 203 Å². The maximum Gasteiger partial charge on any atom is 2.00 e. The summed E-state index contributed by atoms with van der Waals surface area (Å²) in [5.74, 6) is 0. The van der Waals surface area contributed by atoms with Gasteiger partial charge < -0.3 is 10.8 Å². The van der Waals surface area contributed by atoms with Crippen LogP contribution in [0.3, 0.4) is 0 Å². The Morgan fingerprint density at radius 3 is 0.941 bits per heavy atom. The van der Waals surface area contributed by atoms with Crippen LogP contribution in [0.1, 0.15) is 49.9 Å². The largest absolute Gasteiger partial charge is 2.00 e. The third-order valence-electron chi connectivity index (χ3n) is 7.71. The van der Waals surface area contributed by atoms with E-state index in [4.69, 9.17) is 10.8 Å². The van der Waals surface area contributed by atoms with Gasteiger partial charge >= 0.3 is 20.4 Å². The second-order valence-corrected chi connectivity index (χ2v) is 16.8. The van der Waals surface area contributed by atoms with Gasteiger partial charge in [-0.25, -0.2) is 0 Å². The SMILES string of the molecule is C.CCC.Cc1ccccc1[PH+](CC[PH+](c1ccccc1)c1ccccc1C)c1ccccc1.[N-]=Cc1ccccc1.[N-]=Cc1ccccc1.[Pd+2]. The smallest absolute Gasteiger partial charge is 0.810 e. The number of benzene rings is 6. The molecule has 6 aromatic carbocycles. The van der Waals surface area contributed by atoms with E-state index in [1.54, 1.807) is 10.6 Å². The molecule has 5 heteroatoms. The summed E-state index contributed by atoms with van der Waals surface area (Å²) in [6, 6.07) is 59.1. The molecular formula is C46H54N2P2Pd+2. The summed E-state index contributed by atoms with van der Waals surface area (Å²) in [4.78, 5) is 0. The summed E-state index contributed by atoms with van der Waals surface area (Å²) < 4.78 is 0. The monoisotopic (exact) mass is 802 g/mol.